The Hall–Kier alpha value is -3.28. The number of pyridine rings is 2. The Labute approximate surface area is 150 Å². The number of fused-ring (bicyclic) bond motifs is 1. The number of anilines is 2. The number of aryl methyl sites for hydroxylation is 1. The molecule has 1 atom stereocenters. The van der Waals surface area contributed by atoms with Crippen LogP contribution in [0.3, 0.4) is 0 Å². The molecule has 26 heavy (non-hydrogen) atoms. The zero-order valence-corrected chi connectivity index (χ0v) is 14.2. The molecule has 2 aromatic heterocycles. The first-order valence-corrected chi connectivity index (χ1v) is 8.30. The third-order valence-electron chi connectivity index (χ3n) is 4.48. The van der Waals surface area contributed by atoms with E-state index in [1.165, 1.54) is 6.07 Å². The fraction of sp³-hybridized carbons (Fsp3) is 0.150. The first-order valence-electron chi connectivity index (χ1n) is 8.30. The number of hydrogen-bond acceptors (Lipinski definition) is 5. The van der Waals surface area contributed by atoms with Crippen LogP contribution >= 0.6 is 0 Å². The number of benzene rings is 1. The smallest absolute Gasteiger partial charge is 0.162 e. The zero-order chi connectivity index (χ0) is 18.1. The molecule has 1 aromatic carbocycles. The molecule has 0 spiro atoms. The maximum atomic E-state index is 13.6. The zero-order valence-electron chi connectivity index (χ0n) is 14.2. The first kappa shape index (κ1) is 16.2. The summed E-state index contributed by atoms with van der Waals surface area (Å²) in [5.41, 5.74) is 4.01. The van der Waals surface area contributed by atoms with Crippen molar-refractivity contribution >= 4 is 17.8 Å². The molecule has 5 nitrogen and oxygen atoms in total. The molecule has 1 aliphatic heterocycles. The van der Waals surface area contributed by atoms with Gasteiger partial charge in [0.25, 0.3) is 0 Å². The number of aldehydes is 1. The van der Waals surface area contributed by atoms with E-state index in [-0.39, 0.29) is 5.82 Å². The van der Waals surface area contributed by atoms with Crippen LogP contribution in [0.5, 0.6) is 0 Å². The standard InChI is InChI=1S/C20H17FN4O/c1-13-8-14(5-6-17(13)21)15-9-18-20(23-10-15)24-19(12-26)25(18)11-16-4-2-3-7-22-16/h2-10,12,19H,11H2,1H3,(H,23,24). The van der Waals surface area contributed by atoms with Crippen LogP contribution in [0.15, 0.2) is 54.9 Å². The lowest BCUT2D eigenvalue weighted by Crippen LogP contribution is -2.36. The van der Waals surface area contributed by atoms with E-state index < -0.39 is 6.17 Å². The Morgan fingerprint density at radius 1 is 1.19 bits per heavy atom. The van der Waals surface area contributed by atoms with E-state index in [4.69, 9.17) is 0 Å². The Morgan fingerprint density at radius 2 is 2.08 bits per heavy atom. The Bertz CT molecular complexity index is 961. The summed E-state index contributed by atoms with van der Waals surface area (Å²) >= 11 is 0. The van der Waals surface area contributed by atoms with Crippen molar-refractivity contribution in [3.05, 3.63) is 71.9 Å². The monoisotopic (exact) mass is 348 g/mol. The van der Waals surface area contributed by atoms with Gasteiger partial charge < -0.3 is 10.2 Å². The molecule has 1 unspecified atom stereocenters. The van der Waals surface area contributed by atoms with Gasteiger partial charge in [-0.3, -0.25) is 9.78 Å². The number of carbonyl (C=O) groups is 1. The number of carbonyl (C=O) groups excluding carboxylic acids is 1. The van der Waals surface area contributed by atoms with E-state index >= 15 is 0 Å². The van der Waals surface area contributed by atoms with Gasteiger partial charge in [0.1, 0.15) is 5.82 Å². The van der Waals surface area contributed by atoms with E-state index in [1.807, 2.05) is 29.2 Å². The summed E-state index contributed by atoms with van der Waals surface area (Å²) in [4.78, 5) is 22.2. The molecule has 3 aromatic rings. The SMILES string of the molecule is Cc1cc(-c2cnc3c(c2)N(Cc2ccccn2)C(C=O)N3)ccc1F. The van der Waals surface area contributed by atoms with E-state index in [9.17, 15) is 9.18 Å². The van der Waals surface area contributed by atoms with Gasteiger partial charge in [0.2, 0.25) is 0 Å². The minimum Gasteiger partial charge on any atom is -0.342 e. The molecular formula is C20H17FN4O. The highest BCUT2D eigenvalue weighted by Crippen LogP contribution is 2.36. The van der Waals surface area contributed by atoms with Crippen LogP contribution in [0.4, 0.5) is 15.9 Å². The fourth-order valence-corrected chi connectivity index (χ4v) is 3.09. The quantitative estimate of drug-likeness (QED) is 0.731. The number of rotatable bonds is 4. The van der Waals surface area contributed by atoms with Gasteiger partial charge in [0.05, 0.1) is 17.9 Å². The molecule has 3 heterocycles. The molecule has 1 N–H and O–H groups in total. The predicted molar refractivity (Wildman–Crippen MR) is 98.3 cm³/mol. The molecule has 0 saturated carbocycles. The molecule has 0 bridgehead atoms. The summed E-state index contributed by atoms with van der Waals surface area (Å²) in [7, 11) is 0. The molecule has 0 amide bonds. The van der Waals surface area contributed by atoms with Gasteiger partial charge in [-0.05, 0) is 48.4 Å². The topological polar surface area (TPSA) is 58.1 Å². The van der Waals surface area contributed by atoms with Crippen molar-refractivity contribution in [2.45, 2.75) is 19.6 Å². The van der Waals surface area contributed by atoms with E-state index in [2.05, 4.69) is 15.3 Å². The molecular weight excluding hydrogens is 331 g/mol. The second kappa shape index (κ2) is 6.55. The van der Waals surface area contributed by atoms with Crippen molar-refractivity contribution < 1.29 is 9.18 Å². The Balaban J connectivity index is 1.72. The number of nitrogens with zero attached hydrogens (tertiary/aromatic N) is 3. The van der Waals surface area contributed by atoms with E-state index in [1.54, 1.807) is 31.5 Å². The van der Waals surface area contributed by atoms with Crippen molar-refractivity contribution in [2.24, 2.45) is 0 Å². The highest BCUT2D eigenvalue weighted by molar-refractivity contribution is 5.85. The lowest BCUT2D eigenvalue weighted by molar-refractivity contribution is -0.108. The number of halogens is 1. The van der Waals surface area contributed by atoms with Gasteiger partial charge in [-0.2, -0.15) is 0 Å². The average Bonchev–Trinajstić information content (AvgIpc) is 3.02. The Morgan fingerprint density at radius 3 is 2.81 bits per heavy atom. The molecule has 0 radical (unpaired) electrons. The molecule has 0 aliphatic carbocycles. The summed E-state index contributed by atoms with van der Waals surface area (Å²) in [5, 5.41) is 3.11. The van der Waals surface area contributed by atoms with E-state index in [0.29, 0.717) is 17.9 Å². The van der Waals surface area contributed by atoms with Crippen LogP contribution in [0.25, 0.3) is 11.1 Å². The average molecular weight is 348 g/mol. The maximum Gasteiger partial charge on any atom is 0.162 e. The number of nitrogens with one attached hydrogen (secondary N) is 1. The summed E-state index contributed by atoms with van der Waals surface area (Å²) in [6.45, 7) is 2.22. The van der Waals surface area contributed by atoms with Crippen molar-refractivity contribution in [3.8, 4) is 11.1 Å². The third kappa shape index (κ3) is 2.90. The second-order valence-electron chi connectivity index (χ2n) is 6.23. The molecule has 130 valence electrons. The van der Waals surface area contributed by atoms with Crippen LogP contribution in [-0.4, -0.2) is 22.4 Å². The lowest BCUT2D eigenvalue weighted by atomic mass is 10.0. The predicted octanol–water partition coefficient (Wildman–Crippen LogP) is 3.55. The number of aromatic nitrogens is 2. The van der Waals surface area contributed by atoms with Crippen molar-refractivity contribution in [2.75, 3.05) is 10.2 Å². The second-order valence-corrected chi connectivity index (χ2v) is 6.23. The molecule has 1 aliphatic rings. The van der Waals surface area contributed by atoms with Gasteiger partial charge in [-0.25, -0.2) is 9.37 Å². The molecule has 6 heteroatoms. The van der Waals surface area contributed by atoms with Crippen molar-refractivity contribution in [1.29, 1.82) is 0 Å². The van der Waals surface area contributed by atoms with Crippen LogP contribution in [0.1, 0.15) is 11.3 Å². The van der Waals surface area contributed by atoms with Crippen LogP contribution < -0.4 is 10.2 Å². The lowest BCUT2D eigenvalue weighted by Gasteiger charge is -2.22. The third-order valence-corrected chi connectivity index (χ3v) is 4.48. The Kier molecular flexibility index (Phi) is 4.08. The van der Waals surface area contributed by atoms with Gasteiger partial charge >= 0.3 is 0 Å². The van der Waals surface area contributed by atoms with Gasteiger partial charge in [-0.15, -0.1) is 0 Å². The summed E-state index contributed by atoms with van der Waals surface area (Å²) in [6, 6.07) is 12.6. The van der Waals surface area contributed by atoms with E-state index in [0.717, 1.165) is 28.8 Å². The largest absolute Gasteiger partial charge is 0.342 e. The van der Waals surface area contributed by atoms with Gasteiger partial charge in [0.15, 0.2) is 18.3 Å². The summed E-state index contributed by atoms with van der Waals surface area (Å²) in [6.07, 6.45) is 3.81. The fourth-order valence-electron chi connectivity index (χ4n) is 3.09. The highest BCUT2D eigenvalue weighted by atomic mass is 19.1. The van der Waals surface area contributed by atoms with Gasteiger partial charge in [-0.1, -0.05) is 12.1 Å². The molecule has 4 rings (SSSR count). The minimum atomic E-state index is -0.496. The first-order chi connectivity index (χ1) is 12.7. The number of hydrogen-bond donors (Lipinski definition) is 1. The molecule has 0 fully saturated rings. The summed E-state index contributed by atoms with van der Waals surface area (Å²) in [5.74, 6) is 0.419. The minimum absolute atomic E-state index is 0.234. The van der Waals surface area contributed by atoms with Crippen molar-refractivity contribution in [3.63, 3.8) is 0 Å². The van der Waals surface area contributed by atoms with Crippen molar-refractivity contribution in [1.82, 2.24) is 9.97 Å². The maximum absolute atomic E-state index is 13.6. The van der Waals surface area contributed by atoms with Crippen LogP contribution in [0, 0.1) is 12.7 Å². The van der Waals surface area contributed by atoms with Crippen LogP contribution in [0.2, 0.25) is 0 Å². The molecule has 0 saturated heterocycles. The highest BCUT2D eigenvalue weighted by Gasteiger charge is 2.30. The normalized spacial score (nSPS) is 15.5. The summed E-state index contributed by atoms with van der Waals surface area (Å²) < 4.78 is 13.6. The van der Waals surface area contributed by atoms with Gasteiger partial charge in [0, 0.05) is 18.0 Å². The van der Waals surface area contributed by atoms with Crippen LogP contribution in [-0.2, 0) is 11.3 Å².